The van der Waals surface area contributed by atoms with E-state index in [1.54, 1.807) is 46.9 Å². The summed E-state index contributed by atoms with van der Waals surface area (Å²) in [4.78, 5) is 0.903. The molecule has 4 rings (SSSR count). The van der Waals surface area contributed by atoms with Gasteiger partial charge in [0.2, 0.25) is 0 Å². The van der Waals surface area contributed by atoms with Crippen LogP contribution in [0.15, 0.2) is 74.0 Å². The molecule has 1 atom stereocenters. The van der Waals surface area contributed by atoms with Crippen LogP contribution in [0.4, 0.5) is 4.39 Å². The molecule has 2 heterocycles. The van der Waals surface area contributed by atoms with Gasteiger partial charge in [-0.2, -0.15) is 0 Å². The van der Waals surface area contributed by atoms with Crippen molar-refractivity contribution in [3.8, 4) is 5.75 Å². The average molecular weight is 447 g/mol. The van der Waals surface area contributed by atoms with Gasteiger partial charge >= 0.3 is 0 Å². The summed E-state index contributed by atoms with van der Waals surface area (Å²) in [5.74, 6) is 0.793. The molecule has 1 unspecified atom stereocenters. The third-order valence-corrected chi connectivity index (χ3v) is 9.40. The maximum atomic E-state index is 13.9. The molecule has 0 saturated carbocycles. The zero-order valence-electron chi connectivity index (χ0n) is 15.5. The van der Waals surface area contributed by atoms with E-state index in [-0.39, 0.29) is 11.1 Å². The quantitative estimate of drug-likeness (QED) is 0.289. The molecular weight excluding hydrogens is 428 g/mol. The highest BCUT2D eigenvalue weighted by Crippen LogP contribution is 2.52. The van der Waals surface area contributed by atoms with Crippen LogP contribution in [-0.2, 0) is 0 Å². The molecule has 1 aromatic heterocycles. The molecule has 0 radical (unpaired) electrons. The van der Waals surface area contributed by atoms with Gasteiger partial charge < -0.3 is 4.74 Å². The minimum absolute atomic E-state index is 0.163. The number of benzene rings is 2. The molecule has 0 bridgehead atoms. The Kier molecular flexibility index (Phi) is 6.41. The number of rotatable bonds is 5. The lowest BCUT2D eigenvalue weighted by Crippen LogP contribution is -2.15. The molecule has 1 aliphatic rings. The van der Waals surface area contributed by atoms with Crippen LogP contribution in [0.25, 0.3) is 0 Å². The summed E-state index contributed by atoms with van der Waals surface area (Å²) < 4.78 is 21.2. The molecule has 144 valence electrons. The van der Waals surface area contributed by atoms with Gasteiger partial charge in [-0.3, -0.25) is 0 Å². The number of ether oxygens (including phenoxy) is 1. The van der Waals surface area contributed by atoms with E-state index in [1.807, 2.05) is 22.9 Å². The van der Waals surface area contributed by atoms with E-state index in [1.165, 1.54) is 20.9 Å². The van der Waals surface area contributed by atoms with E-state index in [4.69, 9.17) is 4.74 Å². The number of halogens is 1. The number of thiophene rings is 1. The van der Waals surface area contributed by atoms with Gasteiger partial charge in [0.1, 0.15) is 18.2 Å². The highest BCUT2D eigenvalue weighted by Gasteiger charge is 2.27. The van der Waals surface area contributed by atoms with E-state index in [0.29, 0.717) is 12.2 Å². The van der Waals surface area contributed by atoms with Crippen LogP contribution in [-0.4, -0.2) is 6.61 Å². The first kappa shape index (κ1) is 20.0. The highest BCUT2D eigenvalue weighted by molar-refractivity contribution is 8.77. The van der Waals surface area contributed by atoms with Crippen molar-refractivity contribution in [2.75, 3.05) is 6.61 Å². The molecule has 0 fully saturated rings. The van der Waals surface area contributed by atoms with Gasteiger partial charge in [-0.25, -0.2) is 4.39 Å². The second-order valence-corrected chi connectivity index (χ2v) is 11.0. The van der Waals surface area contributed by atoms with Gasteiger partial charge in [-0.15, -0.1) is 11.3 Å². The maximum Gasteiger partial charge on any atom is 0.127 e. The van der Waals surface area contributed by atoms with Crippen molar-refractivity contribution in [1.29, 1.82) is 0 Å². The molecule has 1 nitrogen and oxygen atoms in total. The zero-order valence-corrected chi connectivity index (χ0v) is 18.7. The first-order valence-corrected chi connectivity index (χ1v) is 12.8. The molecule has 6 heteroatoms. The molecule has 28 heavy (non-hydrogen) atoms. The van der Waals surface area contributed by atoms with Gasteiger partial charge in [0.25, 0.3) is 0 Å². The summed E-state index contributed by atoms with van der Waals surface area (Å²) >= 11 is 3.31. The van der Waals surface area contributed by atoms with E-state index in [0.717, 1.165) is 10.6 Å². The minimum Gasteiger partial charge on any atom is -0.489 e. The molecule has 3 aromatic rings. The molecule has 0 saturated heterocycles. The number of fused-ring (bicyclic) bond motifs is 1. The summed E-state index contributed by atoms with van der Waals surface area (Å²) in [5, 5.41) is 4.43. The molecule has 0 amide bonds. The van der Waals surface area contributed by atoms with Gasteiger partial charge in [-0.05, 0) is 70.8 Å². The van der Waals surface area contributed by atoms with Crippen LogP contribution in [0, 0.1) is 19.7 Å². The SMILES string of the molecule is Cc1ccc2c(c1)C(SSc1cccs1)/C(=C\Sc1ccc(C)c(F)c1)CO2. The smallest absolute Gasteiger partial charge is 0.127 e. The van der Waals surface area contributed by atoms with E-state index >= 15 is 0 Å². The first-order valence-electron chi connectivity index (χ1n) is 8.82. The van der Waals surface area contributed by atoms with Crippen LogP contribution in [0.3, 0.4) is 0 Å². The molecule has 1 aliphatic heterocycles. The van der Waals surface area contributed by atoms with Crippen LogP contribution < -0.4 is 4.74 Å². The van der Waals surface area contributed by atoms with E-state index in [9.17, 15) is 4.39 Å². The van der Waals surface area contributed by atoms with Crippen LogP contribution in [0.2, 0.25) is 0 Å². The topological polar surface area (TPSA) is 9.23 Å². The van der Waals surface area contributed by atoms with Crippen molar-refractivity contribution < 1.29 is 9.13 Å². The standard InChI is InChI=1S/C22H19FOS4/c1-14-5-8-20-18(10-14)22(28-27-21-4-3-9-25-21)16(12-24-20)13-26-17-7-6-15(2)19(23)11-17/h3-11,13,22H,12H2,1-2H3/b16-13-. The number of hydrogen-bond acceptors (Lipinski definition) is 5. The Morgan fingerprint density at radius 3 is 2.82 bits per heavy atom. The maximum absolute atomic E-state index is 13.9. The van der Waals surface area contributed by atoms with Crippen molar-refractivity contribution >= 4 is 44.7 Å². The first-order chi connectivity index (χ1) is 13.6. The van der Waals surface area contributed by atoms with E-state index < -0.39 is 0 Å². The summed E-state index contributed by atoms with van der Waals surface area (Å²) in [7, 11) is 3.65. The van der Waals surface area contributed by atoms with Crippen molar-refractivity contribution in [3.63, 3.8) is 0 Å². The predicted molar refractivity (Wildman–Crippen MR) is 122 cm³/mol. The van der Waals surface area contributed by atoms with Gasteiger partial charge in [0.15, 0.2) is 0 Å². The Hall–Kier alpha value is -1.34. The van der Waals surface area contributed by atoms with Crippen molar-refractivity contribution in [2.24, 2.45) is 0 Å². The fourth-order valence-corrected chi connectivity index (χ4v) is 7.52. The minimum atomic E-state index is -0.163. The van der Waals surface area contributed by atoms with Gasteiger partial charge in [-0.1, -0.05) is 52.4 Å². The average Bonchev–Trinajstić information content (AvgIpc) is 3.21. The number of aryl methyl sites for hydroxylation is 2. The van der Waals surface area contributed by atoms with E-state index in [2.05, 4.69) is 48.0 Å². The van der Waals surface area contributed by atoms with Crippen molar-refractivity contribution in [3.05, 3.63) is 87.4 Å². The largest absolute Gasteiger partial charge is 0.489 e. The Balaban J connectivity index is 1.60. The Morgan fingerprint density at radius 1 is 1.14 bits per heavy atom. The summed E-state index contributed by atoms with van der Waals surface area (Å²) in [6.45, 7) is 4.45. The fourth-order valence-electron chi connectivity index (χ4n) is 2.85. The Bertz CT molecular complexity index is 998. The lowest BCUT2D eigenvalue weighted by molar-refractivity contribution is 0.331. The molecule has 0 aliphatic carbocycles. The summed E-state index contributed by atoms with van der Waals surface area (Å²) in [5.41, 5.74) is 4.31. The fraction of sp³-hybridized carbons (Fsp3) is 0.182. The summed E-state index contributed by atoms with van der Waals surface area (Å²) in [6.07, 6.45) is 0. The van der Waals surface area contributed by atoms with Gasteiger partial charge in [0, 0.05) is 10.5 Å². The third kappa shape index (κ3) is 4.62. The second kappa shape index (κ2) is 8.99. The van der Waals surface area contributed by atoms with Crippen LogP contribution in [0.1, 0.15) is 21.9 Å². The lowest BCUT2D eigenvalue weighted by Gasteiger charge is -2.28. The van der Waals surface area contributed by atoms with Crippen molar-refractivity contribution in [2.45, 2.75) is 28.2 Å². The summed E-state index contributed by atoms with van der Waals surface area (Å²) in [6, 6.07) is 16.0. The number of hydrogen-bond donors (Lipinski definition) is 0. The zero-order chi connectivity index (χ0) is 19.5. The highest BCUT2D eigenvalue weighted by atomic mass is 33.1. The van der Waals surface area contributed by atoms with Crippen molar-refractivity contribution in [1.82, 2.24) is 0 Å². The number of thioether (sulfide) groups is 1. The third-order valence-electron chi connectivity index (χ3n) is 4.39. The Labute approximate surface area is 181 Å². The monoisotopic (exact) mass is 446 g/mol. The normalized spacial score (nSPS) is 17.4. The Morgan fingerprint density at radius 2 is 2.04 bits per heavy atom. The molecule has 0 spiro atoms. The van der Waals surface area contributed by atoms with Crippen LogP contribution >= 0.6 is 44.7 Å². The van der Waals surface area contributed by atoms with Crippen LogP contribution in [0.5, 0.6) is 5.75 Å². The predicted octanol–water partition coefficient (Wildman–Crippen LogP) is 8.05. The van der Waals surface area contributed by atoms with Gasteiger partial charge in [0.05, 0.1) is 9.46 Å². The molecular formula is C22H19FOS4. The molecule has 2 aromatic carbocycles. The molecule has 0 N–H and O–H groups in total. The lowest BCUT2D eigenvalue weighted by atomic mass is 10.0. The second-order valence-electron chi connectivity index (χ2n) is 6.54.